The summed E-state index contributed by atoms with van der Waals surface area (Å²) in [6, 6.07) is 14.9. The number of benzene rings is 2. The van der Waals surface area contributed by atoms with Crippen LogP contribution in [0, 0.1) is 9.49 Å². The van der Waals surface area contributed by atoms with Gasteiger partial charge in [-0.15, -0.1) is 0 Å². The normalized spacial score (nSPS) is 11.0. The fourth-order valence-electron chi connectivity index (χ4n) is 1.77. The molecule has 2 aromatic rings. The molecule has 0 aliphatic rings. The smallest absolute Gasteiger partial charge is 0.271 e. The zero-order chi connectivity index (χ0) is 16.7. The third-order valence-corrected chi connectivity index (χ3v) is 3.60. The average molecular weight is 422 g/mol. The van der Waals surface area contributed by atoms with Gasteiger partial charge < -0.3 is 4.74 Å². The van der Waals surface area contributed by atoms with Crippen LogP contribution in [0.3, 0.4) is 0 Å². The molecule has 0 saturated heterocycles. The van der Waals surface area contributed by atoms with Crippen LogP contribution in [0.2, 0.25) is 0 Å². The number of hydrogen-bond donors (Lipinski definition) is 1. The van der Waals surface area contributed by atoms with Crippen LogP contribution in [0.25, 0.3) is 0 Å². The van der Waals surface area contributed by atoms with E-state index >= 15 is 0 Å². The number of hydrogen-bond acceptors (Lipinski definition) is 3. The molecule has 0 spiro atoms. The molecule has 1 N–H and O–H groups in total. The number of nitrogens with zero attached hydrogens (tertiary/aromatic N) is 1. The Bertz CT molecular complexity index is 682. The minimum absolute atomic E-state index is 0.225. The zero-order valence-corrected chi connectivity index (χ0v) is 15.3. The summed E-state index contributed by atoms with van der Waals surface area (Å²) >= 11 is 2.17. The van der Waals surface area contributed by atoms with Gasteiger partial charge in [0.05, 0.1) is 12.8 Å². The second-order valence-corrected chi connectivity index (χ2v) is 6.73. The molecule has 1 amide bonds. The van der Waals surface area contributed by atoms with Crippen LogP contribution >= 0.6 is 22.6 Å². The summed E-state index contributed by atoms with van der Waals surface area (Å²) in [5.41, 5.74) is 4.01. The van der Waals surface area contributed by atoms with Crippen molar-refractivity contribution in [2.45, 2.75) is 13.8 Å². The van der Waals surface area contributed by atoms with E-state index in [9.17, 15) is 4.79 Å². The summed E-state index contributed by atoms with van der Waals surface area (Å²) < 4.78 is 6.63. The first-order chi connectivity index (χ1) is 11.0. The summed E-state index contributed by atoms with van der Waals surface area (Å²) in [4.78, 5) is 11.9. The Morgan fingerprint density at radius 2 is 2.00 bits per heavy atom. The van der Waals surface area contributed by atoms with Gasteiger partial charge in [-0.25, -0.2) is 5.43 Å². The van der Waals surface area contributed by atoms with Crippen LogP contribution in [0.4, 0.5) is 0 Å². The minimum Gasteiger partial charge on any atom is -0.493 e. The van der Waals surface area contributed by atoms with Crippen molar-refractivity contribution in [3.8, 4) is 5.75 Å². The number of hydrazone groups is 1. The number of amides is 1. The topological polar surface area (TPSA) is 50.7 Å². The summed E-state index contributed by atoms with van der Waals surface area (Å²) in [6.07, 6.45) is 1.61. The first-order valence-electron chi connectivity index (χ1n) is 7.36. The Balaban J connectivity index is 1.89. The van der Waals surface area contributed by atoms with Gasteiger partial charge in [0.25, 0.3) is 5.91 Å². The highest BCUT2D eigenvalue weighted by Crippen LogP contribution is 2.12. The average Bonchev–Trinajstić information content (AvgIpc) is 2.54. The zero-order valence-electron chi connectivity index (χ0n) is 13.1. The van der Waals surface area contributed by atoms with Crippen LogP contribution in [0.5, 0.6) is 5.75 Å². The van der Waals surface area contributed by atoms with Crippen molar-refractivity contribution in [1.82, 2.24) is 5.43 Å². The predicted molar refractivity (Wildman–Crippen MR) is 101 cm³/mol. The van der Waals surface area contributed by atoms with Crippen molar-refractivity contribution in [2.75, 3.05) is 6.61 Å². The fraction of sp³-hybridized carbons (Fsp3) is 0.222. The predicted octanol–water partition coefficient (Wildman–Crippen LogP) is 4.09. The molecule has 0 atom stereocenters. The standard InChI is InChI=1S/C18H19IN2O2/c1-13(2)12-23-17-8-6-14(7-9-17)11-20-21-18(22)15-4-3-5-16(19)10-15/h3-11,13H,12H2,1-2H3,(H,21,22)/b20-11-. The van der Waals surface area contributed by atoms with Gasteiger partial charge in [0.15, 0.2) is 0 Å². The monoisotopic (exact) mass is 422 g/mol. The van der Waals surface area contributed by atoms with Gasteiger partial charge in [0.2, 0.25) is 0 Å². The number of rotatable bonds is 6. The summed E-state index contributed by atoms with van der Waals surface area (Å²) in [5.74, 6) is 1.10. The van der Waals surface area contributed by atoms with Crippen molar-refractivity contribution < 1.29 is 9.53 Å². The van der Waals surface area contributed by atoms with Crippen molar-refractivity contribution in [3.05, 3.63) is 63.2 Å². The fourth-order valence-corrected chi connectivity index (χ4v) is 2.32. The molecule has 0 bridgehead atoms. The summed E-state index contributed by atoms with van der Waals surface area (Å²) in [6.45, 7) is 4.91. The molecule has 0 aromatic heterocycles. The Labute approximate surface area is 150 Å². The maximum Gasteiger partial charge on any atom is 0.271 e. The molecule has 0 heterocycles. The van der Waals surface area contributed by atoms with Crippen LogP contribution in [-0.2, 0) is 0 Å². The lowest BCUT2D eigenvalue weighted by Crippen LogP contribution is -2.17. The van der Waals surface area contributed by atoms with E-state index in [0.29, 0.717) is 18.1 Å². The summed E-state index contributed by atoms with van der Waals surface area (Å²) in [7, 11) is 0. The van der Waals surface area contributed by atoms with Gasteiger partial charge in [-0.3, -0.25) is 4.79 Å². The Morgan fingerprint density at radius 1 is 1.26 bits per heavy atom. The van der Waals surface area contributed by atoms with Gasteiger partial charge in [0.1, 0.15) is 5.75 Å². The molecule has 2 aromatic carbocycles. The quantitative estimate of drug-likeness (QED) is 0.433. The number of carbonyl (C=O) groups is 1. The van der Waals surface area contributed by atoms with E-state index in [0.717, 1.165) is 14.9 Å². The molecular formula is C18H19IN2O2. The van der Waals surface area contributed by atoms with E-state index in [4.69, 9.17) is 4.74 Å². The van der Waals surface area contributed by atoms with E-state index in [1.165, 1.54) is 0 Å². The van der Waals surface area contributed by atoms with Gasteiger partial charge >= 0.3 is 0 Å². The highest BCUT2D eigenvalue weighted by Gasteiger charge is 2.03. The van der Waals surface area contributed by atoms with E-state index in [2.05, 4.69) is 47.0 Å². The molecule has 0 aliphatic carbocycles. The maximum absolute atomic E-state index is 11.9. The highest BCUT2D eigenvalue weighted by molar-refractivity contribution is 14.1. The van der Waals surface area contributed by atoms with Crippen molar-refractivity contribution in [1.29, 1.82) is 0 Å². The minimum atomic E-state index is -0.225. The first kappa shape index (κ1) is 17.5. The molecule has 0 unspecified atom stereocenters. The van der Waals surface area contributed by atoms with Gasteiger partial charge in [-0.2, -0.15) is 5.10 Å². The number of nitrogens with one attached hydrogen (secondary N) is 1. The second-order valence-electron chi connectivity index (χ2n) is 5.48. The molecule has 23 heavy (non-hydrogen) atoms. The Hall–Kier alpha value is -1.89. The lowest BCUT2D eigenvalue weighted by molar-refractivity contribution is 0.0955. The highest BCUT2D eigenvalue weighted by atomic mass is 127. The molecule has 5 heteroatoms. The van der Waals surface area contributed by atoms with Crippen LogP contribution in [0.15, 0.2) is 53.6 Å². The van der Waals surface area contributed by atoms with E-state index in [1.54, 1.807) is 12.3 Å². The molecule has 4 nitrogen and oxygen atoms in total. The first-order valence-corrected chi connectivity index (χ1v) is 8.44. The lowest BCUT2D eigenvalue weighted by Gasteiger charge is -2.08. The molecule has 0 saturated carbocycles. The van der Waals surface area contributed by atoms with Crippen LogP contribution in [-0.4, -0.2) is 18.7 Å². The van der Waals surface area contributed by atoms with Crippen molar-refractivity contribution in [2.24, 2.45) is 11.0 Å². The van der Waals surface area contributed by atoms with Gasteiger partial charge in [0, 0.05) is 9.13 Å². The van der Waals surface area contributed by atoms with Crippen LogP contribution < -0.4 is 10.2 Å². The van der Waals surface area contributed by atoms with E-state index < -0.39 is 0 Å². The molecule has 0 radical (unpaired) electrons. The number of carbonyl (C=O) groups excluding carboxylic acids is 1. The molecule has 0 fully saturated rings. The number of halogens is 1. The summed E-state index contributed by atoms with van der Waals surface area (Å²) in [5, 5.41) is 3.98. The third kappa shape index (κ3) is 6.02. The van der Waals surface area contributed by atoms with E-state index in [1.807, 2.05) is 42.5 Å². The molecule has 2 rings (SSSR count). The molecular weight excluding hydrogens is 403 g/mol. The Kier molecular flexibility index (Phi) is 6.58. The molecule has 0 aliphatic heterocycles. The van der Waals surface area contributed by atoms with Crippen LogP contribution in [0.1, 0.15) is 29.8 Å². The third-order valence-electron chi connectivity index (χ3n) is 2.93. The lowest BCUT2D eigenvalue weighted by atomic mass is 10.2. The molecule has 120 valence electrons. The van der Waals surface area contributed by atoms with Crippen molar-refractivity contribution in [3.63, 3.8) is 0 Å². The van der Waals surface area contributed by atoms with Crippen molar-refractivity contribution >= 4 is 34.7 Å². The van der Waals surface area contributed by atoms with Gasteiger partial charge in [-0.05, 0) is 76.5 Å². The Morgan fingerprint density at radius 3 is 2.65 bits per heavy atom. The van der Waals surface area contributed by atoms with E-state index in [-0.39, 0.29) is 5.91 Å². The maximum atomic E-state index is 11.9. The second kappa shape index (κ2) is 8.67. The SMILES string of the molecule is CC(C)COc1ccc(/C=N\NC(=O)c2cccc(I)c2)cc1. The van der Waals surface area contributed by atoms with Gasteiger partial charge in [-0.1, -0.05) is 19.9 Å². The number of ether oxygens (including phenoxy) is 1. The largest absolute Gasteiger partial charge is 0.493 e.